The van der Waals surface area contributed by atoms with Crippen molar-refractivity contribution in [1.29, 1.82) is 0 Å². The van der Waals surface area contributed by atoms with Gasteiger partial charge < -0.3 is 9.31 Å². The molecule has 0 aliphatic carbocycles. The molecule has 2 heterocycles. The number of hydrogen-bond donors (Lipinski definition) is 0. The molecule has 0 saturated carbocycles. The highest BCUT2D eigenvalue weighted by Crippen LogP contribution is 2.37. The van der Waals surface area contributed by atoms with E-state index in [9.17, 15) is 8.78 Å². The van der Waals surface area contributed by atoms with Gasteiger partial charge in [-0.25, -0.2) is 4.68 Å². The van der Waals surface area contributed by atoms with E-state index >= 15 is 0 Å². The van der Waals surface area contributed by atoms with Crippen LogP contribution in [0.3, 0.4) is 0 Å². The Balaban J connectivity index is 2.16. The van der Waals surface area contributed by atoms with Crippen LogP contribution in [0.1, 0.15) is 34.2 Å². The average Bonchev–Trinajstić information content (AvgIpc) is 2.71. The van der Waals surface area contributed by atoms with Crippen LogP contribution in [0.4, 0.5) is 8.78 Å². The first kappa shape index (κ1) is 13.5. The first-order valence-corrected chi connectivity index (χ1v) is 5.84. The lowest BCUT2D eigenvalue weighted by molar-refractivity contribution is -0.0937. The van der Waals surface area contributed by atoms with Gasteiger partial charge >= 0.3 is 13.7 Å². The van der Waals surface area contributed by atoms with Crippen LogP contribution >= 0.6 is 0 Å². The number of halogens is 2. The molecule has 1 aliphatic rings. The molecule has 0 N–H and O–H groups in total. The first-order chi connectivity index (χ1) is 8.23. The molecule has 7 heteroatoms. The minimum Gasteiger partial charge on any atom is -0.407 e. The highest BCUT2D eigenvalue weighted by molar-refractivity contribution is 6.61. The summed E-state index contributed by atoms with van der Waals surface area (Å²) in [5.41, 5.74) is -0.0238. The molecule has 0 amide bonds. The maximum atomic E-state index is 12.4. The summed E-state index contributed by atoms with van der Waals surface area (Å²) in [6, 6.07) is 0. The third-order valence-corrected chi connectivity index (χ3v) is 3.72. The molecular formula is C11H17BF2N2O2. The summed E-state index contributed by atoms with van der Waals surface area (Å²) >= 11 is 0. The monoisotopic (exact) mass is 258 g/mol. The van der Waals surface area contributed by atoms with E-state index in [4.69, 9.17) is 9.31 Å². The summed E-state index contributed by atoms with van der Waals surface area (Å²) in [7, 11) is -0.638. The van der Waals surface area contributed by atoms with Gasteiger partial charge in [0, 0.05) is 29.9 Å². The van der Waals surface area contributed by atoms with E-state index in [1.807, 2.05) is 27.7 Å². The Morgan fingerprint density at radius 1 is 1.39 bits per heavy atom. The molecule has 4 nitrogen and oxygen atoms in total. The zero-order chi connectivity index (χ0) is 13.6. The van der Waals surface area contributed by atoms with Crippen LogP contribution < -0.4 is 5.46 Å². The van der Waals surface area contributed by atoms with Crippen molar-refractivity contribution >= 4 is 12.6 Å². The van der Waals surface area contributed by atoms with Crippen molar-refractivity contribution in [1.82, 2.24) is 9.78 Å². The Labute approximate surface area is 105 Å². The lowest BCUT2D eigenvalue weighted by Gasteiger charge is -2.47. The molecule has 1 aliphatic heterocycles. The van der Waals surface area contributed by atoms with Crippen LogP contribution in [0.5, 0.6) is 0 Å². The van der Waals surface area contributed by atoms with Gasteiger partial charge in [0.05, 0.1) is 5.60 Å². The van der Waals surface area contributed by atoms with Crippen molar-refractivity contribution < 1.29 is 18.1 Å². The van der Waals surface area contributed by atoms with Gasteiger partial charge in [0.2, 0.25) is 0 Å². The summed E-state index contributed by atoms with van der Waals surface area (Å²) in [5.74, 6) is 0. The average molecular weight is 258 g/mol. The SMILES string of the molecule is CC1(C)COB(c2cnn(C(F)F)c2)OC1(C)C. The van der Waals surface area contributed by atoms with Gasteiger partial charge in [-0.1, -0.05) is 13.8 Å². The smallest absolute Gasteiger partial charge is 0.407 e. The Hall–Kier alpha value is -0.945. The molecule has 18 heavy (non-hydrogen) atoms. The number of hydrogen-bond acceptors (Lipinski definition) is 3. The molecule has 1 aromatic heterocycles. The topological polar surface area (TPSA) is 36.3 Å². The highest BCUT2D eigenvalue weighted by atomic mass is 19.3. The van der Waals surface area contributed by atoms with Crippen molar-refractivity contribution in [2.24, 2.45) is 5.41 Å². The van der Waals surface area contributed by atoms with E-state index in [-0.39, 0.29) is 5.41 Å². The van der Waals surface area contributed by atoms with Gasteiger partial charge in [-0.3, -0.25) is 0 Å². The van der Waals surface area contributed by atoms with Gasteiger partial charge in [-0.15, -0.1) is 0 Å². The second-order valence-electron chi connectivity index (χ2n) is 5.69. The molecule has 1 aromatic rings. The molecule has 0 atom stereocenters. The number of nitrogens with zero attached hydrogens (tertiary/aromatic N) is 2. The normalized spacial score (nSPS) is 22.5. The summed E-state index contributed by atoms with van der Waals surface area (Å²) in [6.07, 6.45) is 2.61. The Morgan fingerprint density at radius 2 is 2.06 bits per heavy atom. The van der Waals surface area contributed by atoms with Crippen molar-refractivity contribution in [3.05, 3.63) is 12.4 Å². The van der Waals surface area contributed by atoms with E-state index in [0.29, 0.717) is 16.8 Å². The molecule has 0 radical (unpaired) electrons. The van der Waals surface area contributed by atoms with Crippen molar-refractivity contribution in [2.75, 3.05) is 6.61 Å². The summed E-state index contributed by atoms with van der Waals surface area (Å²) in [5, 5.41) is 3.58. The fraction of sp³-hybridized carbons (Fsp3) is 0.727. The van der Waals surface area contributed by atoms with E-state index in [1.54, 1.807) is 0 Å². The van der Waals surface area contributed by atoms with Crippen LogP contribution in [0.25, 0.3) is 0 Å². The predicted molar refractivity (Wildman–Crippen MR) is 63.8 cm³/mol. The van der Waals surface area contributed by atoms with Gasteiger partial charge in [-0.2, -0.15) is 13.9 Å². The lowest BCUT2D eigenvalue weighted by atomic mass is 9.70. The Morgan fingerprint density at radius 3 is 2.56 bits per heavy atom. The van der Waals surface area contributed by atoms with E-state index in [0.717, 1.165) is 0 Å². The quantitative estimate of drug-likeness (QED) is 0.759. The minimum atomic E-state index is -2.65. The van der Waals surface area contributed by atoms with E-state index < -0.39 is 19.3 Å². The third-order valence-electron chi connectivity index (χ3n) is 3.72. The summed E-state index contributed by atoms with van der Waals surface area (Å²) < 4.78 is 36.9. The van der Waals surface area contributed by atoms with Crippen LogP contribution in [-0.4, -0.2) is 29.1 Å². The van der Waals surface area contributed by atoms with Crippen LogP contribution in [-0.2, 0) is 9.31 Å². The number of aromatic nitrogens is 2. The van der Waals surface area contributed by atoms with E-state index in [1.165, 1.54) is 12.4 Å². The fourth-order valence-corrected chi connectivity index (χ4v) is 1.66. The third kappa shape index (κ3) is 2.29. The van der Waals surface area contributed by atoms with Gasteiger partial charge in [0.1, 0.15) is 0 Å². The van der Waals surface area contributed by atoms with Gasteiger partial charge in [0.25, 0.3) is 0 Å². The van der Waals surface area contributed by atoms with Crippen LogP contribution in [0, 0.1) is 5.41 Å². The standard InChI is InChI=1S/C11H17BF2N2O2/c1-10(2)7-17-12(18-11(10,3)4)8-5-15-16(6-8)9(13)14/h5-6,9H,7H2,1-4H3. The molecule has 1 saturated heterocycles. The maximum absolute atomic E-state index is 12.4. The summed E-state index contributed by atoms with van der Waals surface area (Å²) in [6.45, 7) is 5.90. The molecular weight excluding hydrogens is 241 g/mol. The largest absolute Gasteiger partial charge is 0.497 e. The second-order valence-corrected chi connectivity index (χ2v) is 5.69. The van der Waals surface area contributed by atoms with Crippen molar-refractivity contribution in [2.45, 2.75) is 39.8 Å². The second kappa shape index (κ2) is 4.31. The molecule has 0 aromatic carbocycles. The minimum absolute atomic E-state index is 0.137. The van der Waals surface area contributed by atoms with Crippen LogP contribution in [0.15, 0.2) is 12.4 Å². The van der Waals surface area contributed by atoms with Crippen molar-refractivity contribution in [3.8, 4) is 0 Å². The zero-order valence-corrected chi connectivity index (χ0v) is 11.0. The first-order valence-electron chi connectivity index (χ1n) is 5.84. The summed E-state index contributed by atoms with van der Waals surface area (Å²) in [4.78, 5) is 0. The number of rotatable bonds is 2. The van der Waals surface area contributed by atoms with E-state index in [2.05, 4.69) is 5.10 Å². The van der Waals surface area contributed by atoms with Gasteiger partial charge in [-0.05, 0) is 13.8 Å². The predicted octanol–water partition coefficient (Wildman–Crippen LogP) is 1.82. The maximum Gasteiger partial charge on any atom is 0.497 e. The number of alkyl halides is 2. The molecule has 0 unspecified atom stereocenters. The van der Waals surface area contributed by atoms with Gasteiger partial charge in [0.15, 0.2) is 0 Å². The Kier molecular flexibility index (Phi) is 3.23. The zero-order valence-electron chi connectivity index (χ0n) is 11.0. The highest BCUT2D eigenvalue weighted by Gasteiger charge is 2.47. The molecule has 0 spiro atoms. The molecule has 0 bridgehead atoms. The molecule has 100 valence electrons. The Bertz CT molecular complexity index is 434. The molecule has 2 rings (SSSR count). The van der Waals surface area contributed by atoms with Crippen molar-refractivity contribution in [3.63, 3.8) is 0 Å². The lowest BCUT2D eigenvalue weighted by Crippen LogP contribution is -2.58. The molecule has 1 fully saturated rings. The van der Waals surface area contributed by atoms with Crippen LogP contribution in [0.2, 0.25) is 0 Å². The fourth-order valence-electron chi connectivity index (χ4n) is 1.66.